The van der Waals surface area contributed by atoms with Crippen LogP contribution in [0, 0.1) is 0 Å². The number of alkyl carbamates (subject to hydrolysis) is 1. The quantitative estimate of drug-likeness (QED) is 0.864. The number of benzene rings is 1. The number of carbonyl (C=O) groups is 3. The number of rotatable bonds is 3. The zero-order valence-electron chi connectivity index (χ0n) is 12.7. The van der Waals surface area contributed by atoms with Gasteiger partial charge in [-0.05, 0) is 55.9 Å². The smallest absolute Gasteiger partial charge is 0.413 e. The van der Waals surface area contributed by atoms with E-state index in [2.05, 4.69) is 4.74 Å². The summed E-state index contributed by atoms with van der Waals surface area (Å²) in [7, 11) is 1.15. The van der Waals surface area contributed by atoms with Crippen molar-refractivity contribution >= 4 is 18.0 Å². The number of aryl methyl sites for hydroxylation is 2. The van der Waals surface area contributed by atoms with Gasteiger partial charge >= 0.3 is 12.1 Å². The van der Waals surface area contributed by atoms with E-state index < -0.39 is 24.1 Å². The lowest BCUT2D eigenvalue weighted by Crippen LogP contribution is -2.39. The molecule has 1 atom stereocenters. The summed E-state index contributed by atoms with van der Waals surface area (Å²) in [5.41, 5.74) is 2.84. The molecule has 1 aromatic rings. The van der Waals surface area contributed by atoms with Crippen molar-refractivity contribution in [3.8, 4) is 0 Å². The van der Waals surface area contributed by atoms with E-state index in [1.807, 2.05) is 17.4 Å². The monoisotopic (exact) mass is 305 g/mol. The summed E-state index contributed by atoms with van der Waals surface area (Å²) in [6, 6.07) is 5.46. The Morgan fingerprint density at radius 3 is 2.50 bits per heavy atom. The molecule has 0 aromatic heterocycles. The van der Waals surface area contributed by atoms with Crippen LogP contribution in [0.5, 0.6) is 0 Å². The maximum absolute atomic E-state index is 12.1. The zero-order chi connectivity index (χ0) is 16.1. The summed E-state index contributed by atoms with van der Waals surface area (Å²) in [5.74, 6) is -1.31. The third kappa shape index (κ3) is 3.84. The van der Waals surface area contributed by atoms with Crippen molar-refractivity contribution in [1.82, 2.24) is 5.32 Å². The highest BCUT2D eigenvalue weighted by molar-refractivity contribution is 5.97. The molecule has 2 rings (SSSR count). The summed E-state index contributed by atoms with van der Waals surface area (Å²) in [6.07, 6.45) is 2.30. The highest BCUT2D eigenvalue weighted by Gasteiger charge is 2.21. The van der Waals surface area contributed by atoms with Gasteiger partial charge in [-0.1, -0.05) is 6.07 Å². The largest absolute Gasteiger partial charge is 0.453 e. The summed E-state index contributed by atoms with van der Waals surface area (Å²) >= 11 is 0. The van der Waals surface area contributed by atoms with Gasteiger partial charge in [-0.25, -0.2) is 9.59 Å². The van der Waals surface area contributed by atoms with Gasteiger partial charge in [-0.15, -0.1) is 0 Å². The van der Waals surface area contributed by atoms with E-state index in [0.29, 0.717) is 5.56 Å². The Morgan fingerprint density at radius 1 is 1.14 bits per heavy atom. The van der Waals surface area contributed by atoms with Crippen molar-refractivity contribution in [2.24, 2.45) is 0 Å². The average Bonchev–Trinajstić information content (AvgIpc) is 2.53. The van der Waals surface area contributed by atoms with Gasteiger partial charge in [0.2, 0.25) is 0 Å². The molecule has 2 amide bonds. The summed E-state index contributed by atoms with van der Waals surface area (Å²) in [5, 5.41) is 1.96. The molecule has 0 unspecified atom stereocenters. The first-order chi connectivity index (χ1) is 10.5. The number of methoxy groups -OCH3 is 1. The number of imide groups is 1. The van der Waals surface area contributed by atoms with Crippen LogP contribution in [0.1, 0.15) is 41.3 Å². The molecule has 118 valence electrons. The molecule has 0 aliphatic heterocycles. The van der Waals surface area contributed by atoms with Gasteiger partial charge in [0.25, 0.3) is 5.91 Å². The second-order valence-electron chi connectivity index (χ2n) is 5.22. The third-order valence-corrected chi connectivity index (χ3v) is 3.65. The van der Waals surface area contributed by atoms with E-state index in [9.17, 15) is 14.4 Å². The SMILES string of the molecule is COC(=O)NC(=O)[C@@H](C)OC(=O)c1ccc2c(c1)CCCC2. The molecule has 0 radical (unpaired) electrons. The molecule has 6 nitrogen and oxygen atoms in total. The van der Waals surface area contributed by atoms with Crippen LogP contribution in [0.2, 0.25) is 0 Å². The number of hydrogen-bond donors (Lipinski definition) is 1. The van der Waals surface area contributed by atoms with Crippen molar-refractivity contribution in [3.63, 3.8) is 0 Å². The Bertz CT molecular complexity index is 596. The molecule has 0 bridgehead atoms. The number of nitrogens with one attached hydrogen (secondary N) is 1. The molecule has 0 saturated carbocycles. The van der Waals surface area contributed by atoms with E-state index in [1.165, 1.54) is 18.9 Å². The van der Waals surface area contributed by atoms with Crippen LogP contribution in [0.3, 0.4) is 0 Å². The summed E-state index contributed by atoms with van der Waals surface area (Å²) < 4.78 is 9.39. The first-order valence-corrected chi connectivity index (χ1v) is 7.23. The molecule has 22 heavy (non-hydrogen) atoms. The lowest BCUT2D eigenvalue weighted by Gasteiger charge is -2.17. The Kier molecular flexibility index (Phi) is 5.14. The Morgan fingerprint density at radius 2 is 1.82 bits per heavy atom. The highest BCUT2D eigenvalue weighted by atomic mass is 16.6. The minimum Gasteiger partial charge on any atom is -0.453 e. The molecule has 1 aliphatic carbocycles. The van der Waals surface area contributed by atoms with Gasteiger partial charge in [0.05, 0.1) is 12.7 Å². The fourth-order valence-electron chi connectivity index (χ4n) is 2.40. The predicted molar refractivity (Wildman–Crippen MR) is 78.5 cm³/mol. The summed E-state index contributed by atoms with van der Waals surface area (Å²) in [4.78, 5) is 34.7. The number of esters is 1. The molecular formula is C16H19NO5. The van der Waals surface area contributed by atoms with Crippen LogP contribution >= 0.6 is 0 Å². The Labute approximate surface area is 128 Å². The molecule has 0 saturated heterocycles. The average molecular weight is 305 g/mol. The van der Waals surface area contributed by atoms with Gasteiger partial charge in [0.1, 0.15) is 0 Å². The molecule has 1 aliphatic rings. The molecule has 1 N–H and O–H groups in total. The number of hydrogen-bond acceptors (Lipinski definition) is 5. The second-order valence-corrected chi connectivity index (χ2v) is 5.22. The maximum Gasteiger partial charge on any atom is 0.413 e. The van der Waals surface area contributed by atoms with E-state index in [0.717, 1.165) is 31.9 Å². The lowest BCUT2D eigenvalue weighted by atomic mass is 9.90. The van der Waals surface area contributed by atoms with Crippen molar-refractivity contribution in [2.45, 2.75) is 38.7 Å². The van der Waals surface area contributed by atoms with Gasteiger partial charge < -0.3 is 9.47 Å². The van der Waals surface area contributed by atoms with Gasteiger partial charge in [-0.2, -0.15) is 0 Å². The number of amides is 2. The molecule has 6 heteroatoms. The van der Waals surface area contributed by atoms with Crippen molar-refractivity contribution in [2.75, 3.05) is 7.11 Å². The van der Waals surface area contributed by atoms with Crippen LogP contribution in [0.4, 0.5) is 4.79 Å². The van der Waals surface area contributed by atoms with Gasteiger partial charge in [0, 0.05) is 0 Å². The van der Waals surface area contributed by atoms with E-state index in [-0.39, 0.29) is 0 Å². The van der Waals surface area contributed by atoms with E-state index in [1.54, 1.807) is 6.07 Å². The topological polar surface area (TPSA) is 81.7 Å². The molecule has 0 heterocycles. The molecular weight excluding hydrogens is 286 g/mol. The van der Waals surface area contributed by atoms with Crippen molar-refractivity contribution in [1.29, 1.82) is 0 Å². The third-order valence-electron chi connectivity index (χ3n) is 3.65. The zero-order valence-corrected chi connectivity index (χ0v) is 12.7. The normalized spacial score (nSPS) is 14.5. The first kappa shape index (κ1) is 16.0. The standard InChI is InChI=1S/C16H19NO5/c1-10(14(18)17-16(20)21-2)22-15(19)13-8-7-11-5-3-4-6-12(11)9-13/h7-10H,3-6H2,1-2H3,(H,17,18,20)/t10-/m1/s1. The predicted octanol–water partition coefficient (Wildman–Crippen LogP) is 1.99. The first-order valence-electron chi connectivity index (χ1n) is 7.23. The van der Waals surface area contributed by atoms with E-state index in [4.69, 9.17) is 4.74 Å². The lowest BCUT2D eigenvalue weighted by molar-refractivity contribution is -0.128. The minimum atomic E-state index is -1.08. The van der Waals surface area contributed by atoms with Crippen molar-refractivity contribution in [3.05, 3.63) is 34.9 Å². The Balaban J connectivity index is 1.99. The van der Waals surface area contributed by atoms with Crippen LogP contribution in [-0.2, 0) is 27.1 Å². The number of fused-ring (bicyclic) bond motifs is 1. The van der Waals surface area contributed by atoms with Crippen LogP contribution < -0.4 is 5.32 Å². The number of ether oxygens (including phenoxy) is 2. The van der Waals surface area contributed by atoms with Crippen LogP contribution in [-0.4, -0.2) is 31.2 Å². The fourth-order valence-corrected chi connectivity index (χ4v) is 2.40. The van der Waals surface area contributed by atoms with Crippen LogP contribution in [0.15, 0.2) is 18.2 Å². The minimum absolute atomic E-state index is 0.415. The Hall–Kier alpha value is -2.37. The van der Waals surface area contributed by atoms with Crippen molar-refractivity contribution < 1.29 is 23.9 Å². The van der Waals surface area contributed by atoms with E-state index >= 15 is 0 Å². The fraction of sp³-hybridized carbons (Fsp3) is 0.438. The number of carbonyl (C=O) groups excluding carboxylic acids is 3. The molecule has 1 aromatic carbocycles. The molecule has 0 spiro atoms. The molecule has 0 fully saturated rings. The van der Waals surface area contributed by atoms with Gasteiger partial charge in [0.15, 0.2) is 6.10 Å². The van der Waals surface area contributed by atoms with Gasteiger partial charge in [-0.3, -0.25) is 10.1 Å². The highest BCUT2D eigenvalue weighted by Crippen LogP contribution is 2.22. The second kappa shape index (κ2) is 7.06. The maximum atomic E-state index is 12.1. The summed E-state index contributed by atoms with van der Waals surface area (Å²) in [6.45, 7) is 1.40. The van der Waals surface area contributed by atoms with Crippen LogP contribution in [0.25, 0.3) is 0 Å².